The molecule has 0 aliphatic carbocycles. The van der Waals surface area contributed by atoms with Crippen LogP contribution in [-0.2, 0) is 9.53 Å². The van der Waals surface area contributed by atoms with E-state index < -0.39 is 16.8 Å². The number of esters is 1. The lowest BCUT2D eigenvalue weighted by Gasteiger charge is -2.11. The van der Waals surface area contributed by atoms with Crippen LogP contribution in [0.15, 0.2) is 53.9 Å². The van der Waals surface area contributed by atoms with Crippen LogP contribution >= 0.6 is 11.3 Å². The molecule has 0 saturated carbocycles. The van der Waals surface area contributed by atoms with Crippen LogP contribution in [0.5, 0.6) is 11.5 Å². The average molecular weight is 511 g/mol. The van der Waals surface area contributed by atoms with Gasteiger partial charge >= 0.3 is 5.97 Å². The van der Waals surface area contributed by atoms with Crippen LogP contribution in [0.4, 0.5) is 10.7 Å². The molecule has 1 aromatic heterocycles. The zero-order valence-electron chi connectivity index (χ0n) is 20.1. The molecule has 2 aromatic carbocycles. The normalized spacial score (nSPS) is 10.8. The van der Waals surface area contributed by atoms with E-state index >= 15 is 0 Å². The second-order valence-electron chi connectivity index (χ2n) is 7.28. The lowest BCUT2D eigenvalue weighted by molar-refractivity contribution is -0.384. The van der Waals surface area contributed by atoms with Gasteiger partial charge in [-0.15, -0.1) is 11.3 Å². The SMILES string of the molecule is CCOC(=O)c1c(-c2cccc([N+](=O)[O-])c2)csc1NC(=O)/C=C/c1ccc(OCC)c(OCC)c1. The van der Waals surface area contributed by atoms with E-state index in [4.69, 9.17) is 14.2 Å². The van der Waals surface area contributed by atoms with E-state index in [1.165, 1.54) is 24.3 Å². The predicted octanol–water partition coefficient (Wildman–Crippen LogP) is 5.95. The van der Waals surface area contributed by atoms with Gasteiger partial charge in [0.1, 0.15) is 10.6 Å². The molecule has 3 rings (SSSR count). The van der Waals surface area contributed by atoms with Gasteiger partial charge in [-0.2, -0.15) is 0 Å². The molecule has 1 N–H and O–H groups in total. The maximum atomic E-state index is 12.7. The molecule has 10 heteroatoms. The summed E-state index contributed by atoms with van der Waals surface area (Å²) in [4.78, 5) is 36.1. The van der Waals surface area contributed by atoms with Crippen molar-refractivity contribution in [2.24, 2.45) is 0 Å². The molecule has 3 aromatic rings. The van der Waals surface area contributed by atoms with Crippen LogP contribution in [0.1, 0.15) is 36.7 Å². The first-order chi connectivity index (χ1) is 17.4. The lowest BCUT2D eigenvalue weighted by atomic mass is 10.0. The minimum atomic E-state index is -0.632. The number of hydrogen-bond donors (Lipinski definition) is 1. The number of carbonyl (C=O) groups excluding carboxylic acids is 2. The molecular weight excluding hydrogens is 484 g/mol. The van der Waals surface area contributed by atoms with Gasteiger partial charge in [0.15, 0.2) is 11.5 Å². The van der Waals surface area contributed by atoms with Crippen LogP contribution in [0.25, 0.3) is 17.2 Å². The Labute approximate surface area is 212 Å². The van der Waals surface area contributed by atoms with Crippen molar-refractivity contribution in [3.05, 3.63) is 75.2 Å². The summed E-state index contributed by atoms with van der Waals surface area (Å²) in [7, 11) is 0. The minimum absolute atomic E-state index is 0.108. The third-order valence-corrected chi connectivity index (χ3v) is 5.77. The summed E-state index contributed by atoms with van der Waals surface area (Å²) < 4.78 is 16.4. The number of amides is 1. The van der Waals surface area contributed by atoms with Crippen LogP contribution in [0.3, 0.4) is 0 Å². The number of nitrogens with one attached hydrogen (secondary N) is 1. The summed E-state index contributed by atoms with van der Waals surface area (Å²) in [5.74, 6) is 0.103. The average Bonchev–Trinajstić information content (AvgIpc) is 3.28. The highest BCUT2D eigenvalue weighted by atomic mass is 32.1. The molecule has 188 valence electrons. The van der Waals surface area contributed by atoms with E-state index in [9.17, 15) is 19.7 Å². The van der Waals surface area contributed by atoms with Gasteiger partial charge in [0.25, 0.3) is 5.69 Å². The maximum Gasteiger partial charge on any atom is 0.341 e. The molecule has 0 aliphatic rings. The van der Waals surface area contributed by atoms with Crippen molar-refractivity contribution >= 4 is 40.0 Å². The molecule has 36 heavy (non-hydrogen) atoms. The van der Waals surface area contributed by atoms with Gasteiger partial charge < -0.3 is 19.5 Å². The lowest BCUT2D eigenvalue weighted by Crippen LogP contribution is -2.12. The quantitative estimate of drug-likeness (QED) is 0.147. The number of nitrogens with zero attached hydrogens (tertiary/aromatic N) is 1. The van der Waals surface area contributed by atoms with Crippen molar-refractivity contribution in [3.63, 3.8) is 0 Å². The molecule has 1 amide bonds. The van der Waals surface area contributed by atoms with E-state index in [0.29, 0.717) is 35.8 Å². The Kier molecular flexibility index (Phi) is 9.18. The van der Waals surface area contributed by atoms with Crippen LogP contribution in [0.2, 0.25) is 0 Å². The Hall–Kier alpha value is -4.18. The largest absolute Gasteiger partial charge is 0.490 e. The molecule has 0 bridgehead atoms. The number of rotatable bonds is 11. The van der Waals surface area contributed by atoms with E-state index in [1.54, 1.807) is 42.6 Å². The van der Waals surface area contributed by atoms with Crippen molar-refractivity contribution in [3.8, 4) is 22.6 Å². The fourth-order valence-electron chi connectivity index (χ4n) is 3.35. The highest BCUT2D eigenvalue weighted by Crippen LogP contribution is 2.37. The van der Waals surface area contributed by atoms with Gasteiger partial charge in [-0.3, -0.25) is 14.9 Å². The standard InChI is InChI=1S/C26H26N2O7S/c1-4-33-21-12-10-17(14-22(21)34-5-2)11-13-23(29)27-25-24(26(30)35-6-3)20(16-36-25)18-8-7-9-19(15-18)28(31)32/h7-16H,4-6H2,1-3H3,(H,27,29)/b13-11+. The van der Waals surface area contributed by atoms with Gasteiger partial charge in [-0.1, -0.05) is 18.2 Å². The third-order valence-electron chi connectivity index (χ3n) is 4.87. The first-order valence-electron chi connectivity index (χ1n) is 11.3. The van der Waals surface area contributed by atoms with E-state index in [2.05, 4.69) is 5.32 Å². The van der Waals surface area contributed by atoms with E-state index in [-0.39, 0.29) is 22.9 Å². The number of nitro groups is 1. The smallest absolute Gasteiger partial charge is 0.341 e. The van der Waals surface area contributed by atoms with Crippen LogP contribution in [0, 0.1) is 10.1 Å². The first kappa shape index (κ1) is 26.4. The highest BCUT2D eigenvalue weighted by molar-refractivity contribution is 7.15. The second-order valence-corrected chi connectivity index (χ2v) is 8.16. The Bertz CT molecular complexity index is 1280. The number of ether oxygens (including phenoxy) is 3. The summed E-state index contributed by atoms with van der Waals surface area (Å²) >= 11 is 1.13. The summed E-state index contributed by atoms with van der Waals surface area (Å²) in [5.41, 5.74) is 1.67. The fourth-order valence-corrected chi connectivity index (χ4v) is 4.31. The molecule has 0 fully saturated rings. The van der Waals surface area contributed by atoms with E-state index in [1.807, 2.05) is 13.8 Å². The second kappa shape index (κ2) is 12.5. The molecule has 0 saturated heterocycles. The van der Waals surface area contributed by atoms with Gasteiger partial charge in [-0.05, 0) is 50.1 Å². The first-order valence-corrected chi connectivity index (χ1v) is 12.2. The van der Waals surface area contributed by atoms with Gasteiger partial charge in [0, 0.05) is 29.2 Å². The molecule has 0 radical (unpaired) electrons. The Morgan fingerprint density at radius 1 is 1.03 bits per heavy atom. The fraction of sp³-hybridized carbons (Fsp3) is 0.231. The number of anilines is 1. The molecule has 9 nitrogen and oxygen atoms in total. The molecule has 0 unspecified atom stereocenters. The Morgan fingerprint density at radius 2 is 1.78 bits per heavy atom. The summed E-state index contributed by atoms with van der Waals surface area (Å²) in [6.45, 7) is 6.53. The van der Waals surface area contributed by atoms with Crippen molar-refractivity contribution < 1.29 is 28.7 Å². The molecule has 0 aliphatic heterocycles. The van der Waals surface area contributed by atoms with Crippen molar-refractivity contribution in [2.75, 3.05) is 25.1 Å². The predicted molar refractivity (Wildman–Crippen MR) is 139 cm³/mol. The summed E-state index contributed by atoms with van der Waals surface area (Å²) in [6.07, 6.45) is 2.96. The Morgan fingerprint density at radius 3 is 2.47 bits per heavy atom. The monoisotopic (exact) mass is 510 g/mol. The number of non-ortho nitro benzene ring substituents is 1. The van der Waals surface area contributed by atoms with Crippen LogP contribution < -0.4 is 14.8 Å². The topological polar surface area (TPSA) is 117 Å². The molecule has 0 atom stereocenters. The third kappa shape index (κ3) is 6.48. The van der Waals surface area contributed by atoms with Crippen molar-refractivity contribution in [2.45, 2.75) is 20.8 Å². The number of thiophene rings is 1. The van der Waals surface area contributed by atoms with Gasteiger partial charge in [0.2, 0.25) is 5.91 Å². The zero-order chi connectivity index (χ0) is 26.1. The van der Waals surface area contributed by atoms with Crippen LogP contribution in [-0.4, -0.2) is 36.6 Å². The van der Waals surface area contributed by atoms with Crippen molar-refractivity contribution in [1.29, 1.82) is 0 Å². The van der Waals surface area contributed by atoms with Gasteiger partial charge in [-0.25, -0.2) is 4.79 Å². The van der Waals surface area contributed by atoms with E-state index in [0.717, 1.165) is 16.9 Å². The summed E-state index contributed by atoms with van der Waals surface area (Å²) in [6, 6.07) is 11.3. The van der Waals surface area contributed by atoms with Crippen molar-refractivity contribution in [1.82, 2.24) is 0 Å². The zero-order valence-corrected chi connectivity index (χ0v) is 20.9. The number of hydrogen-bond acceptors (Lipinski definition) is 8. The molecule has 0 spiro atoms. The molecule has 1 heterocycles. The highest BCUT2D eigenvalue weighted by Gasteiger charge is 2.23. The number of carbonyl (C=O) groups is 2. The number of nitro benzene ring substituents is 1. The van der Waals surface area contributed by atoms with Gasteiger partial charge in [0.05, 0.1) is 24.7 Å². The Balaban J connectivity index is 1.87. The maximum absolute atomic E-state index is 12.7. The minimum Gasteiger partial charge on any atom is -0.490 e. The number of benzene rings is 2. The molecular formula is C26H26N2O7S. The summed E-state index contributed by atoms with van der Waals surface area (Å²) in [5, 5.41) is 15.9.